The van der Waals surface area contributed by atoms with Gasteiger partial charge >= 0.3 is 0 Å². The van der Waals surface area contributed by atoms with E-state index in [-0.39, 0.29) is 0 Å². The Morgan fingerprint density at radius 3 is 3.09 bits per heavy atom. The summed E-state index contributed by atoms with van der Waals surface area (Å²) in [6.07, 6.45) is 2.59. The smallest absolute Gasteiger partial charge is 0.243 e. The van der Waals surface area contributed by atoms with Crippen molar-refractivity contribution in [3.63, 3.8) is 0 Å². The average molecular weight is 308 g/mol. The van der Waals surface area contributed by atoms with E-state index >= 15 is 0 Å². The lowest BCUT2D eigenvalue weighted by Crippen LogP contribution is -2.41. The quantitative estimate of drug-likeness (QED) is 0.874. The molecule has 4 heterocycles. The van der Waals surface area contributed by atoms with Crippen molar-refractivity contribution in [1.29, 1.82) is 0 Å². The number of halogens is 1. The van der Waals surface area contributed by atoms with E-state index in [0.717, 1.165) is 0 Å². The number of rotatable bonds is 3. The van der Waals surface area contributed by atoms with Crippen LogP contribution < -0.4 is 4.74 Å². The second-order valence-corrected chi connectivity index (χ2v) is 5.09. The van der Waals surface area contributed by atoms with Gasteiger partial charge in [-0.25, -0.2) is 14.4 Å². The predicted molar refractivity (Wildman–Crippen MR) is 70.7 cm³/mol. The number of ether oxygens (including phenoxy) is 3. The van der Waals surface area contributed by atoms with Gasteiger partial charge in [0, 0.05) is 0 Å². The molecule has 2 aliphatic rings. The van der Waals surface area contributed by atoms with Gasteiger partial charge in [0.15, 0.2) is 23.5 Å². The lowest BCUT2D eigenvalue weighted by molar-refractivity contribution is -0.0553. The Kier molecular flexibility index (Phi) is 2.81. The summed E-state index contributed by atoms with van der Waals surface area (Å²) in [5.41, 5.74) is -1.01. The van der Waals surface area contributed by atoms with Crippen LogP contribution in [-0.4, -0.2) is 56.2 Å². The summed E-state index contributed by atoms with van der Waals surface area (Å²) in [5.74, 6) is 0.300. The monoisotopic (exact) mass is 308 g/mol. The lowest BCUT2D eigenvalue weighted by Gasteiger charge is -2.21. The van der Waals surface area contributed by atoms with Crippen molar-refractivity contribution in [1.82, 2.24) is 19.5 Å². The highest BCUT2D eigenvalue weighted by molar-refractivity contribution is 5.76. The molecule has 0 bridgehead atoms. The number of imidazole rings is 1. The van der Waals surface area contributed by atoms with E-state index in [2.05, 4.69) is 15.0 Å². The van der Waals surface area contributed by atoms with Gasteiger partial charge in [0.05, 0.1) is 20.0 Å². The Balaban J connectivity index is 1.83. The molecule has 1 saturated heterocycles. The number of hydrogen-bond donors (Lipinski definition) is 1. The number of fused-ring (bicyclic) bond motifs is 2. The summed E-state index contributed by atoms with van der Waals surface area (Å²) in [6, 6.07) is 0. The fraction of sp³-hybridized carbons (Fsp3) is 0.462. The maximum atomic E-state index is 15.0. The maximum Gasteiger partial charge on any atom is 0.243 e. The summed E-state index contributed by atoms with van der Waals surface area (Å²) >= 11 is 0. The van der Waals surface area contributed by atoms with Crippen LogP contribution >= 0.6 is 0 Å². The van der Waals surface area contributed by atoms with E-state index in [1.807, 2.05) is 0 Å². The van der Waals surface area contributed by atoms with Crippen LogP contribution in [0.1, 0.15) is 6.23 Å². The first-order valence-corrected chi connectivity index (χ1v) is 6.69. The van der Waals surface area contributed by atoms with E-state index < -0.39 is 30.7 Å². The standard InChI is InChI=1S/C13H13FN4O4/c1-20-11-8-10(15-5-16-11)17-6-18(8)12-9-13(14,2-3-21-9)7(4-19)22-12/h2-3,5-7,9,12,19H,4H2,1H3/t7-,9?,12-,13?/m1/s1. The molecule has 0 saturated carbocycles. The average Bonchev–Trinajstić information content (AvgIpc) is 3.18. The van der Waals surface area contributed by atoms with Gasteiger partial charge in [-0.1, -0.05) is 0 Å². The number of aromatic nitrogens is 4. The third-order valence-corrected chi connectivity index (χ3v) is 4.01. The lowest BCUT2D eigenvalue weighted by atomic mass is 9.96. The number of hydrogen-bond acceptors (Lipinski definition) is 7. The Hall–Kier alpha value is -2.26. The molecule has 0 aliphatic carbocycles. The van der Waals surface area contributed by atoms with E-state index in [1.54, 1.807) is 4.57 Å². The van der Waals surface area contributed by atoms with Gasteiger partial charge in [-0.15, -0.1) is 0 Å². The normalized spacial score (nSPS) is 33.1. The van der Waals surface area contributed by atoms with Crippen LogP contribution in [0, 0.1) is 0 Å². The third-order valence-electron chi connectivity index (χ3n) is 4.01. The molecule has 4 atom stereocenters. The molecule has 0 spiro atoms. The number of alkyl halides is 1. The fourth-order valence-electron chi connectivity index (χ4n) is 2.93. The van der Waals surface area contributed by atoms with Crippen LogP contribution in [0.2, 0.25) is 0 Å². The molecule has 9 heteroatoms. The zero-order chi connectivity index (χ0) is 15.3. The molecule has 1 N–H and O–H groups in total. The highest BCUT2D eigenvalue weighted by Crippen LogP contribution is 2.47. The van der Waals surface area contributed by atoms with Gasteiger partial charge in [0.25, 0.3) is 0 Å². The number of aliphatic hydroxyl groups is 1. The first-order chi connectivity index (χ1) is 10.7. The van der Waals surface area contributed by atoms with Crippen LogP contribution in [0.15, 0.2) is 25.0 Å². The largest absolute Gasteiger partial charge is 0.490 e. The van der Waals surface area contributed by atoms with Gasteiger partial charge in [0.2, 0.25) is 11.5 Å². The van der Waals surface area contributed by atoms with Gasteiger partial charge in [-0.3, -0.25) is 4.57 Å². The Morgan fingerprint density at radius 1 is 1.45 bits per heavy atom. The minimum Gasteiger partial charge on any atom is -0.490 e. The van der Waals surface area contributed by atoms with Crippen molar-refractivity contribution in [3.8, 4) is 5.88 Å². The van der Waals surface area contributed by atoms with Gasteiger partial charge < -0.3 is 19.3 Å². The molecule has 22 heavy (non-hydrogen) atoms. The molecule has 2 aliphatic heterocycles. The van der Waals surface area contributed by atoms with Crippen LogP contribution in [0.4, 0.5) is 4.39 Å². The maximum absolute atomic E-state index is 15.0. The number of methoxy groups -OCH3 is 1. The van der Waals surface area contributed by atoms with Crippen LogP contribution in [0.5, 0.6) is 5.88 Å². The van der Waals surface area contributed by atoms with Crippen molar-refractivity contribution < 1.29 is 23.7 Å². The molecule has 2 unspecified atom stereocenters. The third kappa shape index (κ3) is 1.60. The van der Waals surface area contributed by atoms with Gasteiger partial charge in [0.1, 0.15) is 18.8 Å². The Bertz CT molecular complexity index is 751. The molecule has 1 fully saturated rings. The first-order valence-electron chi connectivity index (χ1n) is 6.69. The van der Waals surface area contributed by atoms with Crippen molar-refractivity contribution in [2.45, 2.75) is 24.1 Å². The summed E-state index contributed by atoms with van der Waals surface area (Å²) < 4.78 is 32.8. The molecule has 2 aromatic heterocycles. The zero-order valence-electron chi connectivity index (χ0n) is 11.6. The molecule has 4 rings (SSSR count). The minimum absolute atomic E-state index is 0.300. The summed E-state index contributed by atoms with van der Waals surface area (Å²) in [7, 11) is 1.47. The molecular formula is C13H13FN4O4. The molecule has 8 nitrogen and oxygen atoms in total. The number of aliphatic hydroxyl groups excluding tert-OH is 1. The highest BCUT2D eigenvalue weighted by atomic mass is 19.1. The van der Waals surface area contributed by atoms with Crippen molar-refractivity contribution in [2.75, 3.05) is 13.7 Å². The molecule has 0 amide bonds. The minimum atomic E-state index is -1.89. The van der Waals surface area contributed by atoms with Crippen molar-refractivity contribution >= 4 is 11.2 Å². The molecule has 116 valence electrons. The van der Waals surface area contributed by atoms with Crippen molar-refractivity contribution in [2.24, 2.45) is 0 Å². The second kappa shape index (κ2) is 4.62. The number of nitrogens with zero attached hydrogens (tertiary/aromatic N) is 4. The van der Waals surface area contributed by atoms with Crippen LogP contribution in [0.3, 0.4) is 0 Å². The molecule has 0 aromatic carbocycles. The fourth-order valence-corrected chi connectivity index (χ4v) is 2.93. The summed E-state index contributed by atoms with van der Waals surface area (Å²) in [4.78, 5) is 12.2. The van der Waals surface area contributed by atoms with Crippen LogP contribution in [0.25, 0.3) is 11.2 Å². The second-order valence-electron chi connectivity index (χ2n) is 5.09. The first kappa shape index (κ1) is 13.4. The SMILES string of the molecule is COc1ncnc2ncn([C@@H]3O[C@H](CO)C4(F)C=COC34)c12. The molecule has 2 aromatic rings. The van der Waals surface area contributed by atoms with Crippen LogP contribution in [-0.2, 0) is 9.47 Å². The van der Waals surface area contributed by atoms with Gasteiger partial charge in [-0.05, 0) is 6.08 Å². The Morgan fingerprint density at radius 2 is 2.32 bits per heavy atom. The molecular weight excluding hydrogens is 295 g/mol. The van der Waals surface area contributed by atoms with Gasteiger partial charge in [-0.2, -0.15) is 4.98 Å². The topological polar surface area (TPSA) is 91.5 Å². The zero-order valence-corrected chi connectivity index (χ0v) is 11.6. The molecule has 0 radical (unpaired) electrons. The highest BCUT2D eigenvalue weighted by Gasteiger charge is 2.60. The summed E-state index contributed by atoms with van der Waals surface area (Å²) in [5, 5.41) is 9.38. The van der Waals surface area contributed by atoms with E-state index in [0.29, 0.717) is 17.0 Å². The van der Waals surface area contributed by atoms with E-state index in [1.165, 1.54) is 32.1 Å². The van der Waals surface area contributed by atoms with Crippen molar-refractivity contribution in [3.05, 3.63) is 25.0 Å². The predicted octanol–water partition coefficient (Wildman–Crippen LogP) is 0.345. The summed E-state index contributed by atoms with van der Waals surface area (Å²) in [6.45, 7) is -0.461. The Labute approximate surface area is 124 Å². The van der Waals surface area contributed by atoms with E-state index in [4.69, 9.17) is 14.2 Å². The van der Waals surface area contributed by atoms with E-state index in [9.17, 15) is 9.50 Å².